The standard InChI is InChI=1S/C30H31N3O3S/c1-21-27(23-12-6-8-14-25(23)32(21)20-22-10-4-3-5-11-22)28(34)29-30(16-18-31-19-17-30)24-13-7-9-15-26(24)33(29)37(2,35)36/h3-15,29,31H,16-20H2,1-2H3/t29-/m0/s1. The second-order valence-corrected chi connectivity index (χ2v) is 12.2. The average Bonchev–Trinajstić information content (AvgIpc) is 3.34. The largest absolute Gasteiger partial charge is 0.340 e. The number of piperidine rings is 1. The van der Waals surface area contributed by atoms with Gasteiger partial charge in [-0.2, -0.15) is 0 Å². The number of anilines is 1. The van der Waals surface area contributed by atoms with Gasteiger partial charge in [0.15, 0.2) is 5.78 Å². The molecular formula is C30H31N3O3S. The van der Waals surface area contributed by atoms with E-state index in [9.17, 15) is 13.2 Å². The van der Waals surface area contributed by atoms with Crippen molar-refractivity contribution in [2.75, 3.05) is 23.7 Å². The Morgan fingerprint density at radius 1 is 0.946 bits per heavy atom. The molecule has 6 nitrogen and oxygen atoms in total. The van der Waals surface area contributed by atoms with Crippen LogP contribution in [0.25, 0.3) is 10.9 Å². The number of aromatic nitrogens is 1. The Kier molecular flexibility index (Phi) is 5.73. The molecule has 0 bridgehead atoms. The number of sulfonamides is 1. The molecule has 3 aromatic carbocycles. The summed E-state index contributed by atoms with van der Waals surface area (Å²) in [5.74, 6) is -0.121. The number of Topliss-reactive ketones (excluding diaryl/α,β-unsaturated/α-hetero) is 1. The molecule has 0 amide bonds. The number of hydrogen-bond acceptors (Lipinski definition) is 4. The molecule has 1 atom stereocenters. The molecule has 1 spiro atoms. The third kappa shape index (κ3) is 3.71. The molecule has 190 valence electrons. The highest BCUT2D eigenvalue weighted by Crippen LogP contribution is 2.52. The van der Waals surface area contributed by atoms with E-state index in [1.165, 1.54) is 10.6 Å². The lowest BCUT2D eigenvalue weighted by Gasteiger charge is -2.40. The van der Waals surface area contributed by atoms with Crippen molar-refractivity contribution in [3.8, 4) is 0 Å². The molecule has 0 aliphatic carbocycles. The molecule has 37 heavy (non-hydrogen) atoms. The van der Waals surface area contributed by atoms with Crippen molar-refractivity contribution in [1.82, 2.24) is 9.88 Å². The van der Waals surface area contributed by atoms with Crippen LogP contribution >= 0.6 is 0 Å². The highest BCUT2D eigenvalue weighted by Gasteiger charge is 2.57. The third-order valence-electron chi connectivity index (χ3n) is 8.20. The molecule has 4 aromatic rings. The van der Waals surface area contributed by atoms with E-state index < -0.39 is 21.5 Å². The summed E-state index contributed by atoms with van der Waals surface area (Å²) in [6.45, 7) is 4.10. The van der Waals surface area contributed by atoms with Crippen molar-refractivity contribution in [2.24, 2.45) is 0 Å². The van der Waals surface area contributed by atoms with Gasteiger partial charge in [0.25, 0.3) is 0 Å². The van der Waals surface area contributed by atoms with Crippen LogP contribution in [0.15, 0.2) is 78.9 Å². The summed E-state index contributed by atoms with van der Waals surface area (Å²) in [7, 11) is -3.72. The molecule has 1 N–H and O–H groups in total. The highest BCUT2D eigenvalue weighted by molar-refractivity contribution is 7.92. The molecule has 0 unspecified atom stereocenters. The number of carbonyl (C=O) groups is 1. The summed E-state index contributed by atoms with van der Waals surface area (Å²) in [5.41, 5.74) is 4.64. The van der Waals surface area contributed by atoms with E-state index in [4.69, 9.17) is 0 Å². The lowest BCUT2D eigenvalue weighted by molar-refractivity contribution is 0.0909. The van der Waals surface area contributed by atoms with Gasteiger partial charge in [-0.05, 0) is 56.1 Å². The molecule has 1 saturated heterocycles. The first kappa shape index (κ1) is 23.9. The van der Waals surface area contributed by atoms with Crippen molar-refractivity contribution < 1.29 is 13.2 Å². The molecule has 1 fully saturated rings. The minimum atomic E-state index is -3.72. The second kappa shape index (κ2) is 8.85. The maximum Gasteiger partial charge on any atom is 0.232 e. The molecule has 1 aromatic heterocycles. The maximum absolute atomic E-state index is 14.8. The van der Waals surface area contributed by atoms with E-state index in [1.807, 2.05) is 73.7 Å². The minimum Gasteiger partial charge on any atom is -0.340 e. The monoisotopic (exact) mass is 513 g/mol. The Morgan fingerprint density at radius 3 is 2.32 bits per heavy atom. The van der Waals surface area contributed by atoms with Crippen LogP contribution in [0.2, 0.25) is 0 Å². The van der Waals surface area contributed by atoms with Gasteiger partial charge in [-0.3, -0.25) is 9.10 Å². The van der Waals surface area contributed by atoms with Crippen LogP contribution in [0.1, 0.15) is 40.0 Å². The fourth-order valence-electron chi connectivity index (χ4n) is 6.59. The number of hydrogen-bond donors (Lipinski definition) is 1. The van der Waals surface area contributed by atoms with E-state index in [0.717, 1.165) is 40.8 Å². The normalized spacial score (nSPS) is 18.9. The lowest BCUT2D eigenvalue weighted by atomic mass is 9.68. The van der Waals surface area contributed by atoms with Gasteiger partial charge >= 0.3 is 0 Å². The first-order valence-corrected chi connectivity index (χ1v) is 14.6. The molecule has 2 aliphatic heterocycles. The Hall–Kier alpha value is -3.42. The average molecular weight is 514 g/mol. The summed E-state index contributed by atoms with van der Waals surface area (Å²) in [6.07, 6.45) is 2.62. The first-order valence-electron chi connectivity index (χ1n) is 12.8. The summed E-state index contributed by atoms with van der Waals surface area (Å²) in [4.78, 5) is 14.8. The fraction of sp³-hybridized carbons (Fsp3) is 0.300. The number of para-hydroxylation sites is 2. The highest BCUT2D eigenvalue weighted by atomic mass is 32.2. The number of carbonyl (C=O) groups excluding carboxylic acids is 1. The molecule has 3 heterocycles. The van der Waals surface area contributed by atoms with Gasteiger partial charge in [-0.25, -0.2) is 8.42 Å². The fourth-order valence-corrected chi connectivity index (χ4v) is 7.79. The number of nitrogens with zero attached hydrogens (tertiary/aromatic N) is 2. The van der Waals surface area contributed by atoms with E-state index in [-0.39, 0.29) is 5.78 Å². The summed E-state index contributed by atoms with van der Waals surface area (Å²) < 4.78 is 30.2. The molecule has 0 saturated carbocycles. The Bertz CT molecular complexity index is 1600. The zero-order valence-electron chi connectivity index (χ0n) is 21.1. The van der Waals surface area contributed by atoms with Gasteiger partial charge in [-0.1, -0.05) is 66.7 Å². The van der Waals surface area contributed by atoms with Crippen LogP contribution < -0.4 is 9.62 Å². The van der Waals surface area contributed by atoms with Gasteiger partial charge < -0.3 is 9.88 Å². The van der Waals surface area contributed by atoms with Crippen molar-refractivity contribution in [2.45, 2.75) is 37.8 Å². The van der Waals surface area contributed by atoms with Crippen LogP contribution in [0.4, 0.5) is 5.69 Å². The van der Waals surface area contributed by atoms with Crippen LogP contribution in [-0.4, -0.2) is 44.2 Å². The number of ketones is 1. The molecule has 6 rings (SSSR count). The van der Waals surface area contributed by atoms with Gasteiger partial charge in [0.2, 0.25) is 10.0 Å². The topological polar surface area (TPSA) is 71.4 Å². The summed E-state index contributed by atoms with van der Waals surface area (Å²) in [6, 6.07) is 25.0. The quantitative estimate of drug-likeness (QED) is 0.395. The van der Waals surface area contributed by atoms with E-state index in [1.54, 1.807) is 0 Å². The summed E-state index contributed by atoms with van der Waals surface area (Å²) >= 11 is 0. The van der Waals surface area contributed by atoms with Crippen LogP contribution in [-0.2, 0) is 22.0 Å². The smallest absolute Gasteiger partial charge is 0.232 e. The SMILES string of the molecule is Cc1c(C(=O)[C@@H]2N(S(C)(=O)=O)c3ccccc3C23CCNCC3)c2ccccc2n1Cc1ccccc1. The van der Waals surface area contributed by atoms with E-state index in [2.05, 4.69) is 22.0 Å². The predicted octanol–water partition coefficient (Wildman–Crippen LogP) is 4.65. The molecule has 7 heteroatoms. The first-order chi connectivity index (χ1) is 17.8. The van der Waals surface area contributed by atoms with Crippen LogP contribution in [0, 0.1) is 6.92 Å². The van der Waals surface area contributed by atoms with Crippen LogP contribution in [0.3, 0.4) is 0 Å². The molecule has 0 radical (unpaired) electrons. The predicted molar refractivity (Wildman–Crippen MR) is 148 cm³/mol. The zero-order chi connectivity index (χ0) is 25.8. The van der Waals surface area contributed by atoms with Crippen molar-refractivity contribution in [3.63, 3.8) is 0 Å². The maximum atomic E-state index is 14.8. The van der Waals surface area contributed by atoms with Crippen molar-refractivity contribution in [3.05, 3.63) is 101 Å². The van der Waals surface area contributed by atoms with Crippen LogP contribution in [0.5, 0.6) is 0 Å². The third-order valence-corrected chi connectivity index (χ3v) is 9.32. The second-order valence-electron chi connectivity index (χ2n) is 10.3. The number of benzene rings is 3. The zero-order valence-corrected chi connectivity index (χ0v) is 22.0. The Balaban J connectivity index is 1.56. The number of fused-ring (bicyclic) bond motifs is 3. The molecular weight excluding hydrogens is 482 g/mol. The van der Waals surface area contributed by atoms with Crippen molar-refractivity contribution >= 4 is 32.4 Å². The Labute approximate surface area is 218 Å². The van der Waals surface area contributed by atoms with Crippen molar-refractivity contribution in [1.29, 1.82) is 0 Å². The number of rotatable bonds is 5. The summed E-state index contributed by atoms with van der Waals surface area (Å²) in [5, 5.41) is 4.28. The van der Waals surface area contributed by atoms with Gasteiger partial charge in [0.05, 0.1) is 11.9 Å². The molecule has 2 aliphatic rings. The number of nitrogens with one attached hydrogen (secondary N) is 1. The van der Waals surface area contributed by atoms with E-state index in [0.29, 0.717) is 30.6 Å². The van der Waals surface area contributed by atoms with Gasteiger partial charge in [0.1, 0.15) is 6.04 Å². The van der Waals surface area contributed by atoms with Gasteiger partial charge in [-0.15, -0.1) is 0 Å². The minimum absolute atomic E-state index is 0.121. The lowest BCUT2D eigenvalue weighted by Crippen LogP contribution is -2.55. The van der Waals surface area contributed by atoms with E-state index >= 15 is 0 Å². The Morgan fingerprint density at radius 2 is 1.59 bits per heavy atom. The van der Waals surface area contributed by atoms with Gasteiger partial charge in [0, 0.05) is 34.1 Å².